The third-order valence-corrected chi connectivity index (χ3v) is 3.93. The van der Waals surface area contributed by atoms with E-state index >= 15 is 0 Å². The van der Waals surface area contributed by atoms with Gasteiger partial charge in [0.15, 0.2) is 0 Å². The topological polar surface area (TPSA) is 6.48 Å². The third-order valence-electron chi connectivity index (χ3n) is 3.93. The standard InChI is InChI=1S/C17H19FN2/c1-14-6-2-4-8-16(14)19-10-12-20(13-11-19)17-9-5-3-7-15(17)18/h2-9H,10-13H2,1H3. The quantitative estimate of drug-likeness (QED) is 0.824. The number of anilines is 2. The molecule has 0 N–H and O–H groups in total. The van der Waals surface area contributed by atoms with Crippen LogP contribution in [0.1, 0.15) is 5.56 Å². The Hall–Kier alpha value is -2.03. The van der Waals surface area contributed by atoms with Gasteiger partial charge >= 0.3 is 0 Å². The van der Waals surface area contributed by atoms with Gasteiger partial charge < -0.3 is 9.80 Å². The van der Waals surface area contributed by atoms with Gasteiger partial charge in [0.2, 0.25) is 0 Å². The van der Waals surface area contributed by atoms with Gasteiger partial charge in [0.1, 0.15) is 5.82 Å². The molecule has 0 atom stereocenters. The van der Waals surface area contributed by atoms with Crippen molar-refractivity contribution in [3.63, 3.8) is 0 Å². The SMILES string of the molecule is Cc1ccccc1N1CCN(c2ccccc2F)CC1. The van der Waals surface area contributed by atoms with Crippen LogP contribution in [0.15, 0.2) is 48.5 Å². The first-order valence-corrected chi connectivity index (χ1v) is 7.06. The van der Waals surface area contributed by atoms with Gasteiger partial charge in [0, 0.05) is 31.9 Å². The van der Waals surface area contributed by atoms with E-state index in [1.54, 1.807) is 6.07 Å². The highest BCUT2D eigenvalue weighted by atomic mass is 19.1. The Labute approximate surface area is 119 Å². The van der Waals surface area contributed by atoms with Crippen LogP contribution in [0.3, 0.4) is 0 Å². The first-order chi connectivity index (χ1) is 9.75. The van der Waals surface area contributed by atoms with Crippen molar-refractivity contribution in [3.05, 3.63) is 59.9 Å². The van der Waals surface area contributed by atoms with E-state index < -0.39 is 0 Å². The molecule has 1 saturated heterocycles. The van der Waals surface area contributed by atoms with Crippen molar-refractivity contribution in [1.29, 1.82) is 0 Å². The van der Waals surface area contributed by atoms with Crippen LogP contribution >= 0.6 is 0 Å². The third kappa shape index (κ3) is 2.48. The Bertz CT molecular complexity index is 536. The largest absolute Gasteiger partial charge is 0.368 e. The minimum atomic E-state index is -0.128. The highest BCUT2D eigenvalue weighted by Gasteiger charge is 2.20. The maximum Gasteiger partial charge on any atom is 0.146 e. The van der Waals surface area contributed by atoms with E-state index in [4.69, 9.17) is 0 Å². The lowest BCUT2D eigenvalue weighted by Crippen LogP contribution is -2.47. The number of piperazine rings is 1. The van der Waals surface area contributed by atoms with E-state index in [0.717, 1.165) is 31.9 Å². The zero-order valence-electron chi connectivity index (χ0n) is 11.7. The Morgan fingerprint density at radius 1 is 0.750 bits per heavy atom. The van der Waals surface area contributed by atoms with Crippen molar-refractivity contribution in [3.8, 4) is 0 Å². The first-order valence-electron chi connectivity index (χ1n) is 7.06. The second-order valence-corrected chi connectivity index (χ2v) is 5.21. The molecule has 1 heterocycles. The second-order valence-electron chi connectivity index (χ2n) is 5.21. The number of hydrogen-bond acceptors (Lipinski definition) is 2. The molecule has 2 aromatic rings. The molecule has 0 spiro atoms. The molecule has 1 aliphatic rings. The smallest absolute Gasteiger partial charge is 0.146 e. The van der Waals surface area contributed by atoms with E-state index in [1.807, 2.05) is 12.1 Å². The predicted octanol–water partition coefficient (Wildman–Crippen LogP) is 3.46. The molecule has 20 heavy (non-hydrogen) atoms. The molecule has 3 heteroatoms. The Morgan fingerprint density at radius 3 is 1.85 bits per heavy atom. The maximum atomic E-state index is 13.8. The maximum absolute atomic E-state index is 13.8. The van der Waals surface area contributed by atoms with Crippen LogP contribution in [0.5, 0.6) is 0 Å². The van der Waals surface area contributed by atoms with Gasteiger partial charge in [-0.25, -0.2) is 4.39 Å². The fourth-order valence-electron chi connectivity index (χ4n) is 2.81. The fraction of sp³-hybridized carbons (Fsp3) is 0.294. The highest BCUT2D eigenvalue weighted by Crippen LogP contribution is 2.24. The molecule has 0 bridgehead atoms. The van der Waals surface area contributed by atoms with Crippen molar-refractivity contribution in [2.75, 3.05) is 36.0 Å². The minimum absolute atomic E-state index is 0.128. The summed E-state index contributed by atoms with van der Waals surface area (Å²) in [5, 5.41) is 0. The average Bonchev–Trinajstić information content (AvgIpc) is 2.49. The van der Waals surface area contributed by atoms with E-state index in [9.17, 15) is 4.39 Å². The van der Waals surface area contributed by atoms with E-state index in [1.165, 1.54) is 17.3 Å². The zero-order valence-corrected chi connectivity index (χ0v) is 11.7. The van der Waals surface area contributed by atoms with Gasteiger partial charge in [-0.1, -0.05) is 30.3 Å². The van der Waals surface area contributed by atoms with Gasteiger partial charge in [-0.2, -0.15) is 0 Å². The summed E-state index contributed by atoms with van der Waals surface area (Å²) in [5.41, 5.74) is 3.31. The van der Waals surface area contributed by atoms with Gasteiger partial charge in [-0.3, -0.25) is 0 Å². The summed E-state index contributed by atoms with van der Waals surface area (Å²) in [6, 6.07) is 15.5. The Kier molecular flexibility index (Phi) is 3.59. The lowest BCUT2D eigenvalue weighted by molar-refractivity contribution is 0.597. The number of rotatable bonds is 2. The van der Waals surface area contributed by atoms with Crippen molar-refractivity contribution >= 4 is 11.4 Å². The number of nitrogens with zero attached hydrogens (tertiary/aromatic N) is 2. The van der Waals surface area contributed by atoms with Gasteiger partial charge in [-0.15, -0.1) is 0 Å². The monoisotopic (exact) mass is 270 g/mol. The van der Waals surface area contributed by atoms with Crippen LogP contribution in [0, 0.1) is 12.7 Å². The molecule has 0 aromatic heterocycles. The molecule has 3 rings (SSSR count). The van der Waals surface area contributed by atoms with Crippen LogP contribution in [-0.4, -0.2) is 26.2 Å². The lowest BCUT2D eigenvalue weighted by atomic mass is 10.1. The summed E-state index contributed by atoms with van der Waals surface area (Å²) < 4.78 is 13.8. The molecule has 104 valence electrons. The molecule has 0 unspecified atom stereocenters. The summed E-state index contributed by atoms with van der Waals surface area (Å²) >= 11 is 0. The Balaban J connectivity index is 1.72. The summed E-state index contributed by atoms with van der Waals surface area (Å²) in [7, 11) is 0. The number of aryl methyl sites for hydroxylation is 1. The summed E-state index contributed by atoms with van der Waals surface area (Å²) in [6.07, 6.45) is 0. The predicted molar refractivity (Wildman–Crippen MR) is 82.0 cm³/mol. The number of para-hydroxylation sites is 2. The normalized spacial score (nSPS) is 15.5. The van der Waals surface area contributed by atoms with Gasteiger partial charge in [-0.05, 0) is 30.7 Å². The van der Waals surface area contributed by atoms with Crippen LogP contribution < -0.4 is 9.80 Å². The van der Waals surface area contributed by atoms with E-state index in [0.29, 0.717) is 0 Å². The molecule has 1 fully saturated rings. The average molecular weight is 270 g/mol. The van der Waals surface area contributed by atoms with Gasteiger partial charge in [0.05, 0.1) is 5.69 Å². The molecule has 1 aliphatic heterocycles. The first kappa shape index (κ1) is 13.0. The van der Waals surface area contributed by atoms with Crippen molar-refractivity contribution in [2.45, 2.75) is 6.92 Å². The summed E-state index contributed by atoms with van der Waals surface area (Å²) in [6.45, 7) is 5.71. The van der Waals surface area contributed by atoms with Crippen molar-refractivity contribution in [1.82, 2.24) is 0 Å². The zero-order chi connectivity index (χ0) is 13.9. The fourth-order valence-corrected chi connectivity index (χ4v) is 2.81. The molecule has 0 amide bonds. The number of benzene rings is 2. The van der Waals surface area contributed by atoms with Gasteiger partial charge in [0.25, 0.3) is 0 Å². The van der Waals surface area contributed by atoms with E-state index in [-0.39, 0.29) is 5.82 Å². The van der Waals surface area contributed by atoms with Crippen LogP contribution in [0.25, 0.3) is 0 Å². The van der Waals surface area contributed by atoms with E-state index in [2.05, 4.69) is 41.0 Å². The lowest BCUT2D eigenvalue weighted by Gasteiger charge is -2.38. The van der Waals surface area contributed by atoms with Crippen LogP contribution in [0.2, 0.25) is 0 Å². The Morgan fingerprint density at radius 2 is 1.25 bits per heavy atom. The number of halogens is 1. The number of hydrogen-bond donors (Lipinski definition) is 0. The van der Waals surface area contributed by atoms with Crippen molar-refractivity contribution in [2.24, 2.45) is 0 Å². The molecule has 2 nitrogen and oxygen atoms in total. The van der Waals surface area contributed by atoms with Crippen LogP contribution in [-0.2, 0) is 0 Å². The molecular weight excluding hydrogens is 251 g/mol. The molecule has 2 aromatic carbocycles. The molecule has 0 saturated carbocycles. The second kappa shape index (κ2) is 5.53. The molecule has 0 radical (unpaired) electrons. The van der Waals surface area contributed by atoms with Crippen molar-refractivity contribution < 1.29 is 4.39 Å². The molecule has 0 aliphatic carbocycles. The molecular formula is C17H19FN2. The highest BCUT2D eigenvalue weighted by molar-refractivity contribution is 5.55. The summed E-state index contributed by atoms with van der Waals surface area (Å²) in [4.78, 5) is 4.51. The summed E-state index contributed by atoms with van der Waals surface area (Å²) in [5.74, 6) is -0.128. The van der Waals surface area contributed by atoms with Crippen LogP contribution in [0.4, 0.5) is 15.8 Å². The minimum Gasteiger partial charge on any atom is -0.368 e.